The average molecular weight is 360 g/mol. The fraction of sp³-hybridized carbons (Fsp3) is 0.217. The highest BCUT2D eigenvalue weighted by atomic mass is 16.4. The fourth-order valence-corrected chi connectivity index (χ4v) is 3.18. The van der Waals surface area contributed by atoms with Crippen LogP contribution in [0.2, 0.25) is 0 Å². The Morgan fingerprint density at radius 2 is 1.85 bits per heavy atom. The van der Waals surface area contributed by atoms with Crippen molar-refractivity contribution in [1.82, 2.24) is 4.98 Å². The molecular formula is C23H24N2O2. The minimum absolute atomic E-state index is 0.301. The molecule has 27 heavy (non-hydrogen) atoms. The van der Waals surface area contributed by atoms with Crippen LogP contribution < -0.4 is 5.32 Å². The number of para-hydroxylation sites is 1. The van der Waals surface area contributed by atoms with Gasteiger partial charge in [-0.05, 0) is 73.6 Å². The van der Waals surface area contributed by atoms with Crippen molar-refractivity contribution in [3.63, 3.8) is 0 Å². The summed E-state index contributed by atoms with van der Waals surface area (Å²) in [6.07, 6.45) is 6.28. The monoisotopic (exact) mass is 360 g/mol. The molecule has 0 aliphatic rings. The van der Waals surface area contributed by atoms with E-state index in [1.54, 1.807) is 12.3 Å². The summed E-state index contributed by atoms with van der Waals surface area (Å²) in [5.41, 5.74) is 6.43. The zero-order chi connectivity index (χ0) is 19.2. The van der Waals surface area contributed by atoms with Crippen molar-refractivity contribution in [2.45, 2.75) is 33.1 Å². The van der Waals surface area contributed by atoms with Crippen LogP contribution in [0.3, 0.4) is 0 Å². The summed E-state index contributed by atoms with van der Waals surface area (Å²) in [5.74, 6) is -0.920. The number of carbonyl (C=O) groups is 1. The molecule has 0 aliphatic carbocycles. The molecule has 0 atom stereocenters. The second kappa shape index (κ2) is 8.49. The van der Waals surface area contributed by atoms with Gasteiger partial charge >= 0.3 is 5.97 Å². The highest BCUT2D eigenvalue weighted by molar-refractivity contribution is 5.96. The highest BCUT2D eigenvalue weighted by Gasteiger charge is 2.15. The number of nitrogens with one attached hydrogen (secondary N) is 1. The molecule has 0 spiro atoms. The van der Waals surface area contributed by atoms with Crippen molar-refractivity contribution in [2.75, 3.05) is 5.32 Å². The number of hydrogen-bond donors (Lipinski definition) is 2. The smallest absolute Gasteiger partial charge is 0.337 e. The maximum atomic E-state index is 11.8. The summed E-state index contributed by atoms with van der Waals surface area (Å²) in [6.45, 7) is 4.10. The summed E-state index contributed by atoms with van der Waals surface area (Å²) in [5, 5.41) is 13.0. The van der Waals surface area contributed by atoms with E-state index in [-0.39, 0.29) is 0 Å². The number of aromatic carboxylic acids is 1. The Kier molecular flexibility index (Phi) is 5.87. The van der Waals surface area contributed by atoms with Crippen molar-refractivity contribution < 1.29 is 9.90 Å². The molecule has 3 rings (SSSR count). The number of rotatable bonds is 7. The third kappa shape index (κ3) is 4.53. The quantitative estimate of drug-likeness (QED) is 0.599. The number of aromatic nitrogens is 1. The third-order valence-corrected chi connectivity index (χ3v) is 4.88. The molecule has 1 heterocycles. The number of nitrogens with zero attached hydrogens (tertiary/aromatic N) is 1. The molecule has 4 heteroatoms. The molecule has 0 saturated carbocycles. The first-order valence-electron chi connectivity index (χ1n) is 9.13. The predicted octanol–water partition coefficient (Wildman–Crippen LogP) is 5.32. The zero-order valence-electron chi connectivity index (χ0n) is 15.7. The van der Waals surface area contributed by atoms with Gasteiger partial charge in [0, 0.05) is 18.1 Å². The van der Waals surface area contributed by atoms with Gasteiger partial charge in [-0.15, -0.1) is 0 Å². The minimum atomic E-state index is -0.920. The van der Waals surface area contributed by atoms with Gasteiger partial charge in [0.05, 0.1) is 11.3 Å². The molecule has 4 nitrogen and oxygen atoms in total. The van der Waals surface area contributed by atoms with E-state index in [0.29, 0.717) is 11.3 Å². The Labute approximate surface area is 159 Å². The summed E-state index contributed by atoms with van der Waals surface area (Å²) in [6, 6.07) is 15.5. The van der Waals surface area contributed by atoms with Crippen molar-refractivity contribution in [2.24, 2.45) is 0 Å². The molecular weight excluding hydrogens is 336 g/mol. The summed E-state index contributed by atoms with van der Waals surface area (Å²) in [4.78, 5) is 15.9. The van der Waals surface area contributed by atoms with Crippen LogP contribution >= 0.6 is 0 Å². The number of anilines is 2. The first-order valence-corrected chi connectivity index (χ1v) is 9.13. The van der Waals surface area contributed by atoms with E-state index in [0.717, 1.165) is 36.1 Å². The van der Waals surface area contributed by atoms with E-state index in [4.69, 9.17) is 0 Å². The molecule has 0 fully saturated rings. The van der Waals surface area contributed by atoms with E-state index in [1.807, 2.05) is 43.5 Å². The topological polar surface area (TPSA) is 62.2 Å². The normalized spacial score (nSPS) is 10.6. The molecule has 1 aromatic heterocycles. The fourth-order valence-electron chi connectivity index (χ4n) is 3.18. The standard InChI is InChI=1S/C23H24N2O2/c1-16-7-3-13-21(17(16)2)25-22-19(11-5-12-20(22)23(26)27)10-4-8-18-9-6-14-24-15-18/h3,5-7,9,11-15,25H,4,8,10H2,1-2H3,(H,26,27). The highest BCUT2D eigenvalue weighted by Crippen LogP contribution is 2.29. The maximum Gasteiger partial charge on any atom is 0.337 e. The first kappa shape index (κ1) is 18.6. The average Bonchev–Trinajstić information content (AvgIpc) is 2.67. The third-order valence-electron chi connectivity index (χ3n) is 4.88. The molecule has 3 aromatic rings. The van der Waals surface area contributed by atoms with E-state index >= 15 is 0 Å². The predicted molar refractivity (Wildman–Crippen MR) is 109 cm³/mol. The van der Waals surface area contributed by atoms with Gasteiger partial charge in [0.25, 0.3) is 0 Å². The van der Waals surface area contributed by atoms with E-state index in [2.05, 4.69) is 29.4 Å². The van der Waals surface area contributed by atoms with Crippen LogP contribution in [0.4, 0.5) is 11.4 Å². The molecule has 2 N–H and O–H groups in total. The Balaban J connectivity index is 1.86. The Morgan fingerprint density at radius 3 is 2.59 bits per heavy atom. The number of pyridine rings is 1. The van der Waals surface area contributed by atoms with E-state index in [1.165, 1.54) is 11.1 Å². The molecule has 138 valence electrons. The Hall–Kier alpha value is -3.14. The van der Waals surface area contributed by atoms with Crippen molar-refractivity contribution in [3.8, 4) is 0 Å². The lowest BCUT2D eigenvalue weighted by molar-refractivity contribution is 0.0698. The van der Waals surface area contributed by atoms with Crippen LogP contribution in [0.25, 0.3) is 0 Å². The van der Waals surface area contributed by atoms with Crippen LogP contribution in [0.5, 0.6) is 0 Å². The van der Waals surface area contributed by atoms with Gasteiger partial charge in [-0.2, -0.15) is 0 Å². The van der Waals surface area contributed by atoms with Gasteiger partial charge in [-0.1, -0.05) is 30.3 Å². The largest absolute Gasteiger partial charge is 0.478 e. The zero-order valence-corrected chi connectivity index (χ0v) is 15.7. The summed E-state index contributed by atoms with van der Waals surface area (Å²) >= 11 is 0. The molecule has 0 unspecified atom stereocenters. The lowest BCUT2D eigenvalue weighted by Gasteiger charge is -2.17. The molecule has 2 aromatic carbocycles. The van der Waals surface area contributed by atoms with Crippen LogP contribution in [0.15, 0.2) is 60.9 Å². The molecule has 0 radical (unpaired) electrons. The number of aryl methyl sites for hydroxylation is 3. The Bertz CT molecular complexity index is 936. The van der Waals surface area contributed by atoms with Crippen molar-refractivity contribution in [3.05, 3.63) is 88.7 Å². The number of carboxylic acid groups (broad SMARTS) is 1. The molecule has 0 saturated heterocycles. The van der Waals surface area contributed by atoms with Crippen molar-refractivity contribution >= 4 is 17.3 Å². The first-order chi connectivity index (χ1) is 13.1. The summed E-state index contributed by atoms with van der Waals surface area (Å²) in [7, 11) is 0. The van der Waals surface area contributed by atoms with E-state index < -0.39 is 5.97 Å². The number of hydrogen-bond acceptors (Lipinski definition) is 3. The van der Waals surface area contributed by atoms with Gasteiger partial charge < -0.3 is 10.4 Å². The SMILES string of the molecule is Cc1cccc(Nc2c(CCCc3cccnc3)cccc2C(=O)O)c1C. The lowest BCUT2D eigenvalue weighted by Crippen LogP contribution is -2.07. The second-order valence-corrected chi connectivity index (χ2v) is 6.73. The van der Waals surface area contributed by atoms with Crippen LogP contribution in [-0.2, 0) is 12.8 Å². The van der Waals surface area contributed by atoms with Crippen molar-refractivity contribution in [1.29, 1.82) is 0 Å². The van der Waals surface area contributed by atoms with Crippen LogP contribution in [-0.4, -0.2) is 16.1 Å². The van der Waals surface area contributed by atoms with Gasteiger partial charge in [0.1, 0.15) is 0 Å². The van der Waals surface area contributed by atoms with Gasteiger partial charge in [0.15, 0.2) is 0 Å². The molecule has 0 aliphatic heterocycles. The number of benzene rings is 2. The van der Waals surface area contributed by atoms with E-state index in [9.17, 15) is 9.90 Å². The Morgan fingerprint density at radius 1 is 1.04 bits per heavy atom. The molecule has 0 amide bonds. The lowest BCUT2D eigenvalue weighted by atomic mass is 9.99. The van der Waals surface area contributed by atoms with Gasteiger partial charge in [-0.3, -0.25) is 4.98 Å². The minimum Gasteiger partial charge on any atom is -0.478 e. The van der Waals surface area contributed by atoms with Crippen LogP contribution in [0, 0.1) is 13.8 Å². The van der Waals surface area contributed by atoms with Crippen LogP contribution in [0.1, 0.15) is 39.0 Å². The summed E-state index contributed by atoms with van der Waals surface area (Å²) < 4.78 is 0. The van der Waals surface area contributed by atoms with Gasteiger partial charge in [0.2, 0.25) is 0 Å². The maximum absolute atomic E-state index is 11.8. The molecule has 0 bridgehead atoms. The van der Waals surface area contributed by atoms with Gasteiger partial charge in [-0.25, -0.2) is 4.79 Å². The second-order valence-electron chi connectivity index (χ2n) is 6.73. The number of carboxylic acids is 1.